The highest BCUT2D eigenvalue weighted by Crippen LogP contribution is 2.31. The van der Waals surface area contributed by atoms with Crippen LogP contribution < -0.4 is 10.1 Å². The van der Waals surface area contributed by atoms with E-state index < -0.39 is 5.91 Å². The second kappa shape index (κ2) is 7.04. The van der Waals surface area contributed by atoms with Gasteiger partial charge in [0.25, 0.3) is 5.91 Å². The minimum absolute atomic E-state index is 0.0183. The smallest absolute Gasteiger partial charge is 0.273 e. The number of methoxy groups -OCH3 is 1. The standard InChI is InChI=1S/C17H13Cl2N3O3/c1-25-16-5-3-10(7-12(16)19)20-17(24)14-8-13(21-22-14)11-6-9(18)2-4-15(11)23/h2-8,23H,1H3,(H,20,24)(H,21,22). The number of aromatic amines is 1. The van der Waals surface area contributed by atoms with E-state index >= 15 is 0 Å². The number of hydrogen-bond donors (Lipinski definition) is 3. The number of halogens is 2. The lowest BCUT2D eigenvalue weighted by Gasteiger charge is -2.07. The van der Waals surface area contributed by atoms with Crippen LogP contribution >= 0.6 is 23.2 Å². The van der Waals surface area contributed by atoms with Crippen LogP contribution in [-0.4, -0.2) is 28.3 Å². The maximum absolute atomic E-state index is 12.3. The van der Waals surface area contributed by atoms with Gasteiger partial charge < -0.3 is 15.2 Å². The van der Waals surface area contributed by atoms with Crippen LogP contribution in [0.3, 0.4) is 0 Å². The number of anilines is 1. The number of nitrogens with one attached hydrogen (secondary N) is 2. The number of phenols is 1. The predicted molar refractivity (Wildman–Crippen MR) is 96.7 cm³/mol. The average Bonchev–Trinajstić information content (AvgIpc) is 3.07. The maximum atomic E-state index is 12.3. The van der Waals surface area contributed by atoms with E-state index in [0.717, 1.165) is 0 Å². The molecule has 2 aromatic carbocycles. The highest BCUT2D eigenvalue weighted by molar-refractivity contribution is 6.32. The first-order valence-electron chi connectivity index (χ1n) is 7.17. The third kappa shape index (κ3) is 3.70. The number of benzene rings is 2. The van der Waals surface area contributed by atoms with Gasteiger partial charge in [-0.15, -0.1) is 0 Å². The third-order valence-corrected chi connectivity index (χ3v) is 4.00. The molecule has 6 nitrogen and oxygen atoms in total. The minimum Gasteiger partial charge on any atom is -0.507 e. The first-order valence-corrected chi connectivity index (χ1v) is 7.92. The van der Waals surface area contributed by atoms with Gasteiger partial charge in [-0.25, -0.2) is 0 Å². The molecule has 0 saturated carbocycles. The molecule has 0 atom stereocenters. The zero-order valence-corrected chi connectivity index (χ0v) is 14.5. The number of carbonyl (C=O) groups excluding carboxylic acids is 1. The van der Waals surface area contributed by atoms with Crippen molar-refractivity contribution < 1.29 is 14.6 Å². The van der Waals surface area contributed by atoms with Gasteiger partial charge in [0.15, 0.2) is 0 Å². The van der Waals surface area contributed by atoms with Crippen LogP contribution in [-0.2, 0) is 0 Å². The normalized spacial score (nSPS) is 10.5. The Labute approximate surface area is 153 Å². The second-order valence-corrected chi connectivity index (χ2v) is 5.98. The van der Waals surface area contributed by atoms with Crippen molar-refractivity contribution in [2.45, 2.75) is 0 Å². The quantitative estimate of drug-likeness (QED) is 0.630. The summed E-state index contributed by atoms with van der Waals surface area (Å²) in [5, 5.41) is 20.1. The molecular weight excluding hydrogens is 365 g/mol. The molecule has 128 valence electrons. The minimum atomic E-state index is -0.401. The summed E-state index contributed by atoms with van der Waals surface area (Å²) in [6.07, 6.45) is 0. The molecule has 8 heteroatoms. The number of rotatable bonds is 4. The van der Waals surface area contributed by atoms with Crippen LogP contribution in [0, 0.1) is 0 Å². The van der Waals surface area contributed by atoms with Crippen molar-refractivity contribution in [1.29, 1.82) is 0 Å². The van der Waals surface area contributed by atoms with Crippen molar-refractivity contribution in [2.75, 3.05) is 12.4 Å². The first-order chi connectivity index (χ1) is 12.0. The fraction of sp³-hybridized carbons (Fsp3) is 0.0588. The van der Waals surface area contributed by atoms with E-state index in [9.17, 15) is 9.90 Å². The summed E-state index contributed by atoms with van der Waals surface area (Å²) in [6, 6.07) is 11.0. The van der Waals surface area contributed by atoms with E-state index in [-0.39, 0.29) is 11.4 Å². The van der Waals surface area contributed by atoms with E-state index in [1.165, 1.54) is 19.2 Å². The molecule has 1 heterocycles. The zero-order valence-electron chi connectivity index (χ0n) is 13.0. The number of nitrogens with zero attached hydrogens (tertiary/aromatic N) is 1. The molecule has 3 aromatic rings. The molecular formula is C17H13Cl2N3O3. The lowest BCUT2D eigenvalue weighted by atomic mass is 10.1. The summed E-state index contributed by atoms with van der Waals surface area (Å²) in [5.41, 5.74) is 1.56. The van der Waals surface area contributed by atoms with Crippen LogP contribution in [0.15, 0.2) is 42.5 Å². The molecule has 0 spiro atoms. The summed E-state index contributed by atoms with van der Waals surface area (Å²) in [4.78, 5) is 12.3. The molecule has 0 aliphatic heterocycles. The van der Waals surface area contributed by atoms with E-state index in [1.807, 2.05) is 0 Å². The highest BCUT2D eigenvalue weighted by atomic mass is 35.5. The molecule has 3 rings (SSSR count). The Bertz CT molecular complexity index is 941. The summed E-state index contributed by atoms with van der Waals surface area (Å²) < 4.78 is 5.07. The Morgan fingerprint density at radius 1 is 1.20 bits per heavy atom. The second-order valence-electron chi connectivity index (χ2n) is 5.13. The SMILES string of the molecule is COc1ccc(NC(=O)c2cc(-c3cc(Cl)ccc3O)n[nH]2)cc1Cl. The van der Waals surface area contributed by atoms with Gasteiger partial charge in [0.2, 0.25) is 0 Å². The Morgan fingerprint density at radius 2 is 2.00 bits per heavy atom. The molecule has 0 unspecified atom stereocenters. The monoisotopic (exact) mass is 377 g/mol. The van der Waals surface area contributed by atoms with Crippen molar-refractivity contribution in [3.8, 4) is 22.8 Å². The van der Waals surface area contributed by atoms with Crippen LogP contribution in [0.5, 0.6) is 11.5 Å². The number of hydrogen-bond acceptors (Lipinski definition) is 4. The maximum Gasteiger partial charge on any atom is 0.273 e. The lowest BCUT2D eigenvalue weighted by Crippen LogP contribution is -2.12. The van der Waals surface area contributed by atoms with Crippen LogP contribution in [0.25, 0.3) is 11.3 Å². The van der Waals surface area contributed by atoms with Crippen molar-refractivity contribution in [3.05, 3.63) is 58.2 Å². The van der Waals surface area contributed by atoms with Gasteiger partial charge in [0.1, 0.15) is 17.2 Å². The number of H-pyrrole nitrogens is 1. The fourth-order valence-corrected chi connectivity index (χ4v) is 2.66. The Morgan fingerprint density at radius 3 is 2.72 bits per heavy atom. The molecule has 0 radical (unpaired) electrons. The van der Waals surface area contributed by atoms with Crippen molar-refractivity contribution in [3.63, 3.8) is 0 Å². The molecule has 0 bridgehead atoms. The zero-order chi connectivity index (χ0) is 18.0. The molecule has 0 aliphatic rings. The first kappa shape index (κ1) is 17.1. The highest BCUT2D eigenvalue weighted by Gasteiger charge is 2.14. The van der Waals surface area contributed by atoms with Gasteiger partial charge >= 0.3 is 0 Å². The molecule has 25 heavy (non-hydrogen) atoms. The number of phenolic OH excluding ortho intramolecular Hbond substituents is 1. The van der Waals surface area contributed by atoms with Gasteiger partial charge in [-0.2, -0.15) is 5.10 Å². The Hall–Kier alpha value is -2.70. The number of ether oxygens (including phenoxy) is 1. The van der Waals surface area contributed by atoms with E-state index in [2.05, 4.69) is 15.5 Å². The number of aromatic nitrogens is 2. The van der Waals surface area contributed by atoms with Gasteiger partial charge in [0.05, 0.1) is 17.8 Å². The van der Waals surface area contributed by atoms with Gasteiger partial charge in [0, 0.05) is 16.3 Å². The van der Waals surface area contributed by atoms with E-state index in [1.54, 1.807) is 30.3 Å². The van der Waals surface area contributed by atoms with Crippen LogP contribution in [0.4, 0.5) is 5.69 Å². The summed E-state index contributed by atoms with van der Waals surface area (Å²) >= 11 is 12.0. The number of carbonyl (C=O) groups is 1. The van der Waals surface area contributed by atoms with Gasteiger partial charge in [-0.3, -0.25) is 9.89 Å². The van der Waals surface area contributed by atoms with E-state index in [0.29, 0.717) is 32.7 Å². The summed E-state index contributed by atoms with van der Waals surface area (Å²) in [6.45, 7) is 0. The van der Waals surface area contributed by atoms with Gasteiger partial charge in [-0.1, -0.05) is 23.2 Å². The van der Waals surface area contributed by atoms with Crippen LogP contribution in [0.1, 0.15) is 10.5 Å². The molecule has 1 amide bonds. The average molecular weight is 378 g/mol. The molecule has 0 aliphatic carbocycles. The van der Waals surface area contributed by atoms with Crippen molar-refractivity contribution in [2.24, 2.45) is 0 Å². The molecule has 0 saturated heterocycles. The lowest BCUT2D eigenvalue weighted by molar-refractivity contribution is 0.102. The van der Waals surface area contributed by atoms with E-state index in [4.69, 9.17) is 27.9 Å². The number of aromatic hydroxyl groups is 1. The predicted octanol–water partition coefficient (Wildman–Crippen LogP) is 4.35. The molecule has 1 aromatic heterocycles. The number of amides is 1. The largest absolute Gasteiger partial charge is 0.507 e. The van der Waals surface area contributed by atoms with Crippen LogP contribution in [0.2, 0.25) is 10.0 Å². The van der Waals surface area contributed by atoms with Crippen molar-refractivity contribution >= 4 is 34.8 Å². The molecule has 3 N–H and O–H groups in total. The fourth-order valence-electron chi connectivity index (χ4n) is 2.23. The summed E-state index contributed by atoms with van der Waals surface area (Å²) in [7, 11) is 1.51. The van der Waals surface area contributed by atoms with Gasteiger partial charge in [-0.05, 0) is 42.5 Å². The Kier molecular flexibility index (Phi) is 4.83. The van der Waals surface area contributed by atoms with Crippen molar-refractivity contribution in [1.82, 2.24) is 10.2 Å². The third-order valence-electron chi connectivity index (χ3n) is 3.47. The summed E-state index contributed by atoms with van der Waals surface area (Å²) in [5.74, 6) is 0.131. The Balaban J connectivity index is 1.81. The topological polar surface area (TPSA) is 87.2 Å². The molecule has 0 fully saturated rings.